The Hall–Kier alpha value is -1.32. The van der Waals surface area contributed by atoms with Crippen molar-refractivity contribution in [2.45, 2.75) is 20.3 Å². The van der Waals surface area contributed by atoms with E-state index in [9.17, 15) is 9.59 Å². The zero-order valence-electron chi connectivity index (χ0n) is 7.26. The number of rotatable bonds is 5. The van der Waals surface area contributed by atoms with E-state index >= 15 is 0 Å². The van der Waals surface area contributed by atoms with Crippen molar-refractivity contribution in [1.29, 1.82) is 0 Å². The largest absolute Gasteiger partial charge is 0.481 e. The average molecular weight is 171 g/mol. The van der Waals surface area contributed by atoms with Crippen molar-refractivity contribution in [3.63, 3.8) is 0 Å². The smallest absolute Gasteiger partial charge is 0.305 e. The minimum atomic E-state index is -0.849. The van der Waals surface area contributed by atoms with E-state index in [0.29, 0.717) is 12.2 Å². The van der Waals surface area contributed by atoms with Gasteiger partial charge < -0.3 is 10.4 Å². The van der Waals surface area contributed by atoms with Gasteiger partial charge in [0.05, 0.1) is 6.42 Å². The summed E-state index contributed by atoms with van der Waals surface area (Å²) < 4.78 is 0. The molecule has 0 aromatic rings. The molecule has 0 bridgehead atoms. The number of carboxylic acids is 1. The summed E-state index contributed by atoms with van der Waals surface area (Å²) in [6.07, 6.45) is 1.49. The molecule has 0 atom stereocenters. The molecule has 0 aliphatic rings. The Bertz CT molecular complexity index is 208. The molecule has 0 spiro atoms. The van der Waals surface area contributed by atoms with Gasteiger partial charge in [-0.3, -0.25) is 9.59 Å². The number of nitrogens with one attached hydrogen (secondary N) is 1. The first kappa shape index (κ1) is 10.7. The van der Waals surface area contributed by atoms with Gasteiger partial charge in [0.25, 0.3) is 0 Å². The van der Waals surface area contributed by atoms with E-state index in [1.165, 1.54) is 13.0 Å². The van der Waals surface area contributed by atoms with E-state index < -0.39 is 5.97 Å². The van der Waals surface area contributed by atoms with Crippen LogP contribution in [0.15, 0.2) is 11.8 Å². The predicted octanol–water partition coefficient (Wildman–Crippen LogP) is 0.544. The van der Waals surface area contributed by atoms with E-state index in [-0.39, 0.29) is 12.2 Å². The van der Waals surface area contributed by atoms with Crippen molar-refractivity contribution in [3.05, 3.63) is 11.8 Å². The second-order valence-electron chi connectivity index (χ2n) is 2.51. The van der Waals surface area contributed by atoms with E-state index in [1.807, 2.05) is 0 Å². The number of hydrogen-bond donors (Lipinski definition) is 2. The van der Waals surface area contributed by atoms with Gasteiger partial charge in [0.15, 0.2) is 5.78 Å². The Balaban J connectivity index is 3.64. The zero-order valence-corrected chi connectivity index (χ0v) is 7.26. The van der Waals surface area contributed by atoms with Gasteiger partial charge in [-0.25, -0.2) is 0 Å². The molecule has 0 amide bonds. The second kappa shape index (κ2) is 5.35. The Kier molecular flexibility index (Phi) is 4.76. The fourth-order valence-corrected chi connectivity index (χ4v) is 0.723. The third-order valence-electron chi connectivity index (χ3n) is 1.16. The van der Waals surface area contributed by atoms with Crippen molar-refractivity contribution in [2.75, 3.05) is 6.54 Å². The molecule has 0 fully saturated rings. The fourth-order valence-electron chi connectivity index (χ4n) is 0.723. The summed E-state index contributed by atoms with van der Waals surface area (Å²) in [5.41, 5.74) is 0.698. The fraction of sp³-hybridized carbons (Fsp3) is 0.500. The van der Waals surface area contributed by atoms with E-state index in [2.05, 4.69) is 5.32 Å². The summed E-state index contributed by atoms with van der Waals surface area (Å²) in [6.45, 7) is 3.52. The van der Waals surface area contributed by atoms with Crippen LogP contribution in [0.5, 0.6) is 0 Å². The number of carbonyl (C=O) groups is 2. The first-order chi connectivity index (χ1) is 5.52. The van der Waals surface area contributed by atoms with Gasteiger partial charge in [-0.1, -0.05) is 0 Å². The lowest BCUT2D eigenvalue weighted by molar-refractivity contribution is -0.136. The van der Waals surface area contributed by atoms with Crippen LogP contribution in [0.2, 0.25) is 0 Å². The van der Waals surface area contributed by atoms with Gasteiger partial charge >= 0.3 is 5.97 Å². The summed E-state index contributed by atoms with van der Waals surface area (Å²) in [5.74, 6) is -0.895. The van der Waals surface area contributed by atoms with E-state index in [4.69, 9.17) is 5.11 Å². The standard InChI is InChI=1S/C8H13NO3/c1-6(5-7(2)10)9-4-3-8(11)12/h5,9H,3-4H2,1-2H3,(H,11,12). The van der Waals surface area contributed by atoms with Crippen LogP contribution in [0.25, 0.3) is 0 Å². The molecule has 0 aromatic carbocycles. The molecule has 0 aliphatic heterocycles. The molecule has 0 unspecified atom stereocenters. The molecule has 0 aromatic heterocycles. The molecule has 0 rings (SSSR count). The number of hydrogen-bond acceptors (Lipinski definition) is 3. The third-order valence-corrected chi connectivity index (χ3v) is 1.16. The first-order valence-electron chi connectivity index (χ1n) is 3.67. The van der Waals surface area contributed by atoms with Gasteiger partial charge in [0.1, 0.15) is 0 Å². The van der Waals surface area contributed by atoms with Crippen molar-refractivity contribution < 1.29 is 14.7 Å². The zero-order chi connectivity index (χ0) is 9.56. The lowest BCUT2D eigenvalue weighted by Gasteiger charge is -2.02. The lowest BCUT2D eigenvalue weighted by atomic mass is 10.3. The Morgan fingerprint density at radius 3 is 2.42 bits per heavy atom. The van der Waals surface area contributed by atoms with Crippen LogP contribution in [-0.4, -0.2) is 23.4 Å². The summed E-state index contributed by atoms with van der Waals surface area (Å²) >= 11 is 0. The topological polar surface area (TPSA) is 66.4 Å². The summed E-state index contributed by atoms with van der Waals surface area (Å²) in [7, 11) is 0. The molecule has 0 saturated heterocycles. The minimum absolute atomic E-state index is 0.0460. The van der Waals surface area contributed by atoms with E-state index in [1.54, 1.807) is 6.92 Å². The maximum Gasteiger partial charge on any atom is 0.305 e. The van der Waals surface area contributed by atoms with Gasteiger partial charge in [-0.05, 0) is 19.9 Å². The van der Waals surface area contributed by atoms with Crippen LogP contribution in [0.4, 0.5) is 0 Å². The molecular weight excluding hydrogens is 158 g/mol. The van der Waals surface area contributed by atoms with Gasteiger partial charge in [0.2, 0.25) is 0 Å². The monoisotopic (exact) mass is 171 g/mol. The normalized spacial score (nSPS) is 11.0. The first-order valence-corrected chi connectivity index (χ1v) is 3.67. The number of ketones is 1. The van der Waals surface area contributed by atoms with Crippen molar-refractivity contribution in [1.82, 2.24) is 5.32 Å². The molecule has 0 radical (unpaired) electrons. The number of carboxylic acid groups (broad SMARTS) is 1. The van der Waals surface area contributed by atoms with Crippen LogP contribution in [-0.2, 0) is 9.59 Å². The maximum absolute atomic E-state index is 10.5. The van der Waals surface area contributed by atoms with Gasteiger partial charge in [-0.2, -0.15) is 0 Å². The molecule has 68 valence electrons. The van der Waals surface area contributed by atoms with Crippen LogP contribution in [0, 0.1) is 0 Å². The van der Waals surface area contributed by atoms with Crippen molar-refractivity contribution in [3.8, 4) is 0 Å². The Morgan fingerprint density at radius 1 is 1.42 bits per heavy atom. The number of allylic oxidation sites excluding steroid dienone is 2. The van der Waals surface area contributed by atoms with Crippen LogP contribution in [0.3, 0.4) is 0 Å². The summed E-state index contributed by atoms with van der Waals surface area (Å²) in [4.78, 5) is 20.6. The predicted molar refractivity (Wildman–Crippen MR) is 44.7 cm³/mol. The highest BCUT2D eigenvalue weighted by atomic mass is 16.4. The highest BCUT2D eigenvalue weighted by molar-refractivity contribution is 5.87. The SMILES string of the molecule is CC(=O)C=C(C)NCCC(=O)O. The minimum Gasteiger partial charge on any atom is -0.481 e. The quantitative estimate of drug-likeness (QED) is 0.592. The highest BCUT2D eigenvalue weighted by Gasteiger charge is 1.95. The van der Waals surface area contributed by atoms with Gasteiger partial charge in [0, 0.05) is 12.2 Å². The molecule has 12 heavy (non-hydrogen) atoms. The van der Waals surface area contributed by atoms with Crippen LogP contribution >= 0.6 is 0 Å². The maximum atomic E-state index is 10.5. The lowest BCUT2D eigenvalue weighted by Crippen LogP contribution is -2.16. The average Bonchev–Trinajstić information content (AvgIpc) is 1.84. The highest BCUT2D eigenvalue weighted by Crippen LogP contribution is 1.87. The Morgan fingerprint density at radius 2 is 2.00 bits per heavy atom. The van der Waals surface area contributed by atoms with Crippen molar-refractivity contribution in [2.24, 2.45) is 0 Å². The van der Waals surface area contributed by atoms with Gasteiger partial charge in [-0.15, -0.1) is 0 Å². The molecule has 0 aliphatic carbocycles. The molecule has 0 heterocycles. The molecule has 4 nitrogen and oxygen atoms in total. The molecule has 0 saturated carbocycles. The third kappa shape index (κ3) is 6.80. The molecule has 4 heteroatoms. The Labute approximate surface area is 71.3 Å². The van der Waals surface area contributed by atoms with Crippen LogP contribution in [0.1, 0.15) is 20.3 Å². The van der Waals surface area contributed by atoms with Crippen LogP contribution < -0.4 is 5.32 Å². The second-order valence-corrected chi connectivity index (χ2v) is 2.51. The van der Waals surface area contributed by atoms with Crippen molar-refractivity contribution >= 4 is 11.8 Å². The van der Waals surface area contributed by atoms with E-state index in [0.717, 1.165) is 0 Å². The summed E-state index contributed by atoms with van der Waals surface area (Å²) in [6, 6.07) is 0. The summed E-state index contributed by atoms with van der Waals surface area (Å²) in [5, 5.41) is 11.1. The number of carbonyl (C=O) groups excluding carboxylic acids is 1. The molecular formula is C8H13NO3. The molecule has 2 N–H and O–H groups in total. The number of aliphatic carboxylic acids is 1.